The molecule has 0 amide bonds. The van der Waals surface area contributed by atoms with Crippen LogP contribution in [-0.4, -0.2) is 20.3 Å². The van der Waals surface area contributed by atoms with E-state index in [0.717, 1.165) is 5.76 Å². The normalized spacial score (nSPS) is 22.2. The fourth-order valence-corrected chi connectivity index (χ4v) is 1.14. The molecular weight excluding hydrogens is 154 g/mol. The molecule has 1 aliphatic rings. The van der Waals surface area contributed by atoms with Gasteiger partial charge in [-0.3, -0.25) is 0 Å². The Bertz CT molecular complexity index is 260. The molecule has 3 heteroatoms. The lowest BCUT2D eigenvalue weighted by molar-refractivity contribution is 0.0792. The number of hydrogen-bond donors (Lipinski definition) is 0. The highest BCUT2D eigenvalue weighted by Gasteiger charge is 2.17. The Balaban J connectivity index is 2.80. The zero-order valence-corrected chi connectivity index (χ0v) is 7.20. The average Bonchev–Trinajstić information content (AvgIpc) is 2.16. The lowest BCUT2D eigenvalue weighted by Gasteiger charge is -2.19. The average molecular weight is 165 g/mol. The van der Waals surface area contributed by atoms with Crippen LogP contribution in [0.5, 0.6) is 0 Å². The van der Waals surface area contributed by atoms with Crippen molar-refractivity contribution >= 4 is 0 Å². The SMILES string of the molecule is COC1=CC(C#N)=CCC1OC. The lowest BCUT2D eigenvalue weighted by atomic mass is 10.0. The van der Waals surface area contributed by atoms with Crippen LogP contribution in [-0.2, 0) is 9.47 Å². The Labute approximate surface area is 71.9 Å². The Morgan fingerprint density at radius 2 is 2.33 bits per heavy atom. The van der Waals surface area contributed by atoms with Crippen molar-refractivity contribution in [2.75, 3.05) is 14.2 Å². The third-order valence-electron chi connectivity index (χ3n) is 1.82. The molecule has 0 bridgehead atoms. The summed E-state index contributed by atoms with van der Waals surface area (Å²) in [5.74, 6) is 0.719. The molecule has 1 aliphatic carbocycles. The first kappa shape index (κ1) is 8.82. The van der Waals surface area contributed by atoms with Crippen LogP contribution in [0.25, 0.3) is 0 Å². The summed E-state index contributed by atoms with van der Waals surface area (Å²) in [6, 6.07) is 2.06. The Hall–Kier alpha value is -1.27. The van der Waals surface area contributed by atoms with Gasteiger partial charge in [0.2, 0.25) is 0 Å². The second kappa shape index (κ2) is 3.93. The minimum atomic E-state index is -0.0351. The van der Waals surface area contributed by atoms with Gasteiger partial charge in [0.25, 0.3) is 0 Å². The highest BCUT2D eigenvalue weighted by Crippen LogP contribution is 2.20. The molecule has 0 radical (unpaired) electrons. The molecule has 0 heterocycles. The first-order valence-corrected chi connectivity index (χ1v) is 3.70. The quantitative estimate of drug-likeness (QED) is 0.620. The maximum Gasteiger partial charge on any atom is 0.126 e. The summed E-state index contributed by atoms with van der Waals surface area (Å²) >= 11 is 0. The molecule has 0 aromatic rings. The van der Waals surface area contributed by atoms with Crippen molar-refractivity contribution in [3.05, 3.63) is 23.5 Å². The summed E-state index contributed by atoms with van der Waals surface area (Å²) in [5.41, 5.74) is 0.639. The van der Waals surface area contributed by atoms with Gasteiger partial charge >= 0.3 is 0 Å². The summed E-state index contributed by atoms with van der Waals surface area (Å²) in [4.78, 5) is 0. The largest absolute Gasteiger partial charge is 0.498 e. The Kier molecular flexibility index (Phi) is 2.89. The molecule has 0 saturated carbocycles. The molecule has 0 spiro atoms. The lowest BCUT2D eigenvalue weighted by Crippen LogP contribution is -2.17. The van der Waals surface area contributed by atoms with Gasteiger partial charge in [-0.2, -0.15) is 5.26 Å². The van der Waals surface area contributed by atoms with Gasteiger partial charge in [-0.15, -0.1) is 0 Å². The number of hydrogen-bond acceptors (Lipinski definition) is 3. The van der Waals surface area contributed by atoms with E-state index >= 15 is 0 Å². The van der Waals surface area contributed by atoms with E-state index in [2.05, 4.69) is 6.07 Å². The molecule has 3 nitrogen and oxygen atoms in total. The molecule has 0 N–H and O–H groups in total. The van der Waals surface area contributed by atoms with Crippen molar-refractivity contribution < 1.29 is 9.47 Å². The van der Waals surface area contributed by atoms with Gasteiger partial charge in [-0.1, -0.05) is 6.08 Å². The summed E-state index contributed by atoms with van der Waals surface area (Å²) in [5, 5.41) is 8.60. The number of nitriles is 1. The maximum absolute atomic E-state index is 8.60. The zero-order valence-electron chi connectivity index (χ0n) is 7.20. The van der Waals surface area contributed by atoms with Gasteiger partial charge in [0.15, 0.2) is 0 Å². The van der Waals surface area contributed by atoms with Crippen LogP contribution in [0, 0.1) is 11.3 Å². The van der Waals surface area contributed by atoms with Crippen LogP contribution < -0.4 is 0 Å². The molecule has 0 aliphatic heterocycles. The first-order valence-electron chi connectivity index (χ1n) is 3.70. The van der Waals surface area contributed by atoms with Crippen LogP contribution in [0.2, 0.25) is 0 Å². The van der Waals surface area contributed by atoms with E-state index in [1.54, 1.807) is 20.3 Å². The molecular formula is C9H11NO2. The van der Waals surface area contributed by atoms with Gasteiger partial charge in [0, 0.05) is 13.5 Å². The third-order valence-corrected chi connectivity index (χ3v) is 1.82. The highest BCUT2D eigenvalue weighted by molar-refractivity contribution is 5.38. The monoisotopic (exact) mass is 165 g/mol. The number of methoxy groups -OCH3 is 2. The number of nitrogens with zero attached hydrogens (tertiary/aromatic N) is 1. The highest BCUT2D eigenvalue weighted by atomic mass is 16.5. The smallest absolute Gasteiger partial charge is 0.126 e. The van der Waals surface area contributed by atoms with Crippen molar-refractivity contribution in [2.24, 2.45) is 0 Å². The van der Waals surface area contributed by atoms with Crippen LogP contribution in [0.4, 0.5) is 0 Å². The minimum absolute atomic E-state index is 0.0351. The van der Waals surface area contributed by atoms with Crippen LogP contribution >= 0.6 is 0 Å². The van der Waals surface area contributed by atoms with E-state index in [4.69, 9.17) is 14.7 Å². The molecule has 0 fully saturated rings. The topological polar surface area (TPSA) is 42.2 Å². The van der Waals surface area contributed by atoms with Crippen LogP contribution in [0.1, 0.15) is 6.42 Å². The fourth-order valence-electron chi connectivity index (χ4n) is 1.14. The predicted molar refractivity (Wildman–Crippen MR) is 44.2 cm³/mol. The van der Waals surface area contributed by atoms with E-state index in [1.807, 2.05) is 6.08 Å². The van der Waals surface area contributed by atoms with Crippen molar-refractivity contribution in [3.8, 4) is 6.07 Å². The van der Waals surface area contributed by atoms with E-state index < -0.39 is 0 Å². The van der Waals surface area contributed by atoms with E-state index in [-0.39, 0.29) is 6.10 Å². The third kappa shape index (κ3) is 1.66. The Morgan fingerprint density at radius 1 is 1.58 bits per heavy atom. The van der Waals surface area contributed by atoms with E-state index in [0.29, 0.717) is 12.0 Å². The second-order valence-corrected chi connectivity index (χ2v) is 2.48. The van der Waals surface area contributed by atoms with E-state index in [9.17, 15) is 0 Å². The first-order chi connectivity index (χ1) is 5.81. The Morgan fingerprint density at radius 3 is 2.83 bits per heavy atom. The molecule has 12 heavy (non-hydrogen) atoms. The molecule has 0 aromatic heterocycles. The van der Waals surface area contributed by atoms with Gasteiger partial charge in [0.1, 0.15) is 11.9 Å². The molecule has 64 valence electrons. The van der Waals surface area contributed by atoms with Gasteiger partial charge in [0.05, 0.1) is 18.8 Å². The van der Waals surface area contributed by atoms with Crippen LogP contribution in [0.15, 0.2) is 23.5 Å². The number of allylic oxidation sites excluding steroid dienone is 2. The molecule has 1 atom stereocenters. The summed E-state index contributed by atoms with van der Waals surface area (Å²) in [6.45, 7) is 0. The summed E-state index contributed by atoms with van der Waals surface area (Å²) in [7, 11) is 3.21. The van der Waals surface area contributed by atoms with Gasteiger partial charge < -0.3 is 9.47 Å². The number of rotatable bonds is 2. The second-order valence-electron chi connectivity index (χ2n) is 2.48. The van der Waals surface area contributed by atoms with Crippen molar-refractivity contribution in [3.63, 3.8) is 0 Å². The minimum Gasteiger partial charge on any atom is -0.498 e. The maximum atomic E-state index is 8.60. The van der Waals surface area contributed by atoms with Crippen LogP contribution in [0.3, 0.4) is 0 Å². The van der Waals surface area contributed by atoms with E-state index in [1.165, 1.54) is 0 Å². The summed E-state index contributed by atoms with van der Waals surface area (Å²) in [6.07, 6.45) is 4.22. The van der Waals surface area contributed by atoms with Gasteiger partial charge in [-0.05, 0) is 6.08 Å². The standard InChI is InChI=1S/C9H11NO2/c1-11-8-4-3-7(6-10)5-9(8)12-2/h3,5,8H,4H2,1-2H3. The van der Waals surface area contributed by atoms with Gasteiger partial charge in [-0.25, -0.2) is 0 Å². The summed E-state index contributed by atoms with van der Waals surface area (Å²) < 4.78 is 10.2. The van der Waals surface area contributed by atoms with Crippen molar-refractivity contribution in [2.45, 2.75) is 12.5 Å². The zero-order chi connectivity index (χ0) is 8.97. The molecule has 0 saturated heterocycles. The van der Waals surface area contributed by atoms with Crippen molar-refractivity contribution in [1.82, 2.24) is 0 Å². The molecule has 1 rings (SSSR count). The molecule has 0 aromatic carbocycles. The molecule has 1 unspecified atom stereocenters. The fraction of sp³-hybridized carbons (Fsp3) is 0.444. The van der Waals surface area contributed by atoms with Crippen molar-refractivity contribution in [1.29, 1.82) is 5.26 Å². The number of ether oxygens (including phenoxy) is 2. The predicted octanol–water partition coefficient (Wildman–Crippen LogP) is 1.39.